The SMILES string of the molecule is CCCCCCCOc1c(CNC2CC2)cccc1OC. The lowest BCUT2D eigenvalue weighted by atomic mass is 10.1. The summed E-state index contributed by atoms with van der Waals surface area (Å²) in [6.07, 6.45) is 8.89. The van der Waals surface area contributed by atoms with Gasteiger partial charge in [0.15, 0.2) is 11.5 Å². The molecule has 118 valence electrons. The molecule has 0 spiro atoms. The highest BCUT2D eigenvalue weighted by Crippen LogP contribution is 2.32. The fourth-order valence-electron chi connectivity index (χ4n) is 2.45. The number of para-hydroxylation sites is 1. The van der Waals surface area contributed by atoms with Crippen LogP contribution in [0, 0.1) is 0 Å². The molecular formula is C18H29NO2. The van der Waals surface area contributed by atoms with Gasteiger partial charge in [-0.3, -0.25) is 0 Å². The Hall–Kier alpha value is -1.22. The van der Waals surface area contributed by atoms with Gasteiger partial charge in [-0.25, -0.2) is 0 Å². The number of nitrogens with one attached hydrogen (secondary N) is 1. The van der Waals surface area contributed by atoms with E-state index in [-0.39, 0.29) is 0 Å². The zero-order valence-electron chi connectivity index (χ0n) is 13.5. The van der Waals surface area contributed by atoms with E-state index in [1.165, 1.54) is 44.1 Å². The maximum absolute atomic E-state index is 6.03. The van der Waals surface area contributed by atoms with E-state index in [1.54, 1.807) is 7.11 Å². The Bertz CT molecular complexity index is 416. The summed E-state index contributed by atoms with van der Waals surface area (Å²) in [7, 11) is 1.71. The van der Waals surface area contributed by atoms with E-state index in [4.69, 9.17) is 9.47 Å². The van der Waals surface area contributed by atoms with E-state index in [9.17, 15) is 0 Å². The molecule has 0 radical (unpaired) electrons. The molecule has 21 heavy (non-hydrogen) atoms. The van der Waals surface area contributed by atoms with Gasteiger partial charge in [-0.05, 0) is 25.3 Å². The number of unbranched alkanes of at least 4 members (excludes halogenated alkanes) is 4. The van der Waals surface area contributed by atoms with Gasteiger partial charge < -0.3 is 14.8 Å². The highest BCUT2D eigenvalue weighted by atomic mass is 16.5. The predicted octanol–water partition coefficient (Wildman–Crippen LogP) is 4.30. The first-order valence-electron chi connectivity index (χ1n) is 8.37. The summed E-state index contributed by atoms with van der Waals surface area (Å²) in [5.74, 6) is 1.77. The summed E-state index contributed by atoms with van der Waals surface area (Å²) in [5.41, 5.74) is 1.20. The van der Waals surface area contributed by atoms with Crippen molar-refractivity contribution in [3.8, 4) is 11.5 Å². The Morgan fingerprint density at radius 2 is 1.95 bits per heavy atom. The Morgan fingerprint density at radius 3 is 2.67 bits per heavy atom. The Kier molecular flexibility index (Phi) is 6.87. The minimum Gasteiger partial charge on any atom is -0.493 e. The molecule has 0 atom stereocenters. The molecule has 1 N–H and O–H groups in total. The van der Waals surface area contributed by atoms with E-state index in [1.807, 2.05) is 12.1 Å². The van der Waals surface area contributed by atoms with Crippen LogP contribution in [-0.2, 0) is 6.54 Å². The van der Waals surface area contributed by atoms with Gasteiger partial charge in [0.2, 0.25) is 0 Å². The molecule has 0 amide bonds. The first-order valence-corrected chi connectivity index (χ1v) is 8.37. The molecule has 0 heterocycles. The van der Waals surface area contributed by atoms with Crippen molar-refractivity contribution in [1.29, 1.82) is 0 Å². The van der Waals surface area contributed by atoms with Crippen molar-refractivity contribution in [2.75, 3.05) is 13.7 Å². The molecule has 1 fully saturated rings. The van der Waals surface area contributed by atoms with Crippen LogP contribution >= 0.6 is 0 Å². The van der Waals surface area contributed by atoms with Crippen molar-refractivity contribution in [1.82, 2.24) is 5.32 Å². The van der Waals surface area contributed by atoms with Crippen LogP contribution in [0.25, 0.3) is 0 Å². The van der Waals surface area contributed by atoms with E-state index in [2.05, 4.69) is 18.3 Å². The van der Waals surface area contributed by atoms with Crippen LogP contribution in [0.4, 0.5) is 0 Å². The monoisotopic (exact) mass is 291 g/mol. The fourth-order valence-corrected chi connectivity index (χ4v) is 2.45. The summed E-state index contributed by atoms with van der Waals surface area (Å²) in [4.78, 5) is 0. The number of hydrogen-bond acceptors (Lipinski definition) is 3. The maximum Gasteiger partial charge on any atom is 0.165 e. The third-order valence-electron chi connectivity index (χ3n) is 3.93. The topological polar surface area (TPSA) is 30.5 Å². The molecule has 0 aromatic heterocycles. The van der Waals surface area contributed by atoms with E-state index in [0.717, 1.165) is 31.1 Å². The lowest BCUT2D eigenvalue weighted by Crippen LogP contribution is -2.16. The van der Waals surface area contributed by atoms with Crippen molar-refractivity contribution >= 4 is 0 Å². The minimum atomic E-state index is 0.707. The Balaban J connectivity index is 1.84. The average Bonchev–Trinajstić information content (AvgIpc) is 3.33. The molecule has 0 bridgehead atoms. The maximum atomic E-state index is 6.03. The zero-order chi connectivity index (χ0) is 14.9. The Morgan fingerprint density at radius 1 is 1.14 bits per heavy atom. The van der Waals surface area contributed by atoms with Gasteiger partial charge in [0.1, 0.15) is 0 Å². The molecule has 0 unspecified atom stereocenters. The summed E-state index contributed by atoms with van der Waals surface area (Å²) in [6, 6.07) is 6.85. The molecule has 1 saturated carbocycles. The molecule has 2 rings (SSSR count). The van der Waals surface area contributed by atoms with Crippen LogP contribution in [0.2, 0.25) is 0 Å². The van der Waals surface area contributed by atoms with Crippen molar-refractivity contribution in [3.05, 3.63) is 23.8 Å². The third-order valence-corrected chi connectivity index (χ3v) is 3.93. The molecule has 1 aliphatic carbocycles. The molecule has 3 heteroatoms. The van der Waals surface area contributed by atoms with Crippen molar-refractivity contribution in [2.45, 2.75) is 64.5 Å². The van der Waals surface area contributed by atoms with Gasteiger partial charge in [-0.15, -0.1) is 0 Å². The highest BCUT2D eigenvalue weighted by molar-refractivity contribution is 5.46. The van der Waals surface area contributed by atoms with Gasteiger partial charge >= 0.3 is 0 Å². The molecule has 1 aromatic rings. The summed E-state index contributed by atoms with van der Waals surface area (Å²) < 4.78 is 11.5. The van der Waals surface area contributed by atoms with Crippen LogP contribution in [0.15, 0.2) is 18.2 Å². The minimum absolute atomic E-state index is 0.707. The van der Waals surface area contributed by atoms with Crippen LogP contribution < -0.4 is 14.8 Å². The Labute approximate surface area is 129 Å². The van der Waals surface area contributed by atoms with Crippen LogP contribution in [0.1, 0.15) is 57.4 Å². The highest BCUT2D eigenvalue weighted by Gasteiger charge is 2.21. The lowest BCUT2D eigenvalue weighted by molar-refractivity contribution is 0.281. The molecule has 1 aromatic carbocycles. The van der Waals surface area contributed by atoms with Gasteiger partial charge in [0, 0.05) is 18.2 Å². The number of methoxy groups -OCH3 is 1. The van der Waals surface area contributed by atoms with Crippen LogP contribution in [0.5, 0.6) is 11.5 Å². The molecular weight excluding hydrogens is 262 g/mol. The smallest absolute Gasteiger partial charge is 0.165 e. The summed E-state index contributed by atoms with van der Waals surface area (Å²) in [5, 5.41) is 3.55. The second-order valence-corrected chi connectivity index (χ2v) is 5.87. The number of benzene rings is 1. The summed E-state index contributed by atoms with van der Waals surface area (Å²) in [6.45, 7) is 3.89. The third kappa shape index (κ3) is 5.58. The predicted molar refractivity (Wildman–Crippen MR) is 87.1 cm³/mol. The van der Waals surface area contributed by atoms with Gasteiger partial charge in [0.25, 0.3) is 0 Å². The van der Waals surface area contributed by atoms with Crippen LogP contribution in [-0.4, -0.2) is 19.8 Å². The van der Waals surface area contributed by atoms with Crippen molar-refractivity contribution < 1.29 is 9.47 Å². The van der Waals surface area contributed by atoms with Crippen LogP contribution in [0.3, 0.4) is 0 Å². The zero-order valence-corrected chi connectivity index (χ0v) is 13.5. The van der Waals surface area contributed by atoms with Crippen molar-refractivity contribution in [3.63, 3.8) is 0 Å². The second-order valence-electron chi connectivity index (χ2n) is 5.87. The molecule has 0 saturated heterocycles. The van der Waals surface area contributed by atoms with E-state index >= 15 is 0 Å². The van der Waals surface area contributed by atoms with Crippen molar-refractivity contribution in [2.24, 2.45) is 0 Å². The first-order chi connectivity index (χ1) is 10.3. The van der Waals surface area contributed by atoms with Gasteiger partial charge in [-0.2, -0.15) is 0 Å². The number of rotatable bonds is 11. The van der Waals surface area contributed by atoms with Gasteiger partial charge in [0.05, 0.1) is 13.7 Å². The quantitative estimate of drug-likeness (QED) is 0.617. The molecule has 0 aliphatic heterocycles. The molecule has 1 aliphatic rings. The number of hydrogen-bond donors (Lipinski definition) is 1. The first kappa shape index (κ1) is 16.2. The largest absolute Gasteiger partial charge is 0.493 e. The lowest BCUT2D eigenvalue weighted by Gasteiger charge is -2.15. The normalized spacial score (nSPS) is 14.2. The molecule has 3 nitrogen and oxygen atoms in total. The fraction of sp³-hybridized carbons (Fsp3) is 0.667. The second kappa shape index (κ2) is 8.93. The van der Waals surface area contributed by atoms with E-state index in [0.29, 0.717) is 6.04 Å². The van der Waals surface area contributed by atoms with E-state index < -0.39 is 0 Å². The summed E-state index contributed by atoms with van der Waals surface area (Å²) >= 11 is 0. The van der Waals surface area contributed by atoms with Gasteiger partial charge in [-0.1, -0.05) is 44.7 Å². The standard InChI is InChI=1S/C18H29NO2/c1-3-4-5-6-7-13-21-18-15(14-19-16-11-12-16)9-8-10-17(18)20-2/h8-10,16,19H,3-7,11-14H2,1-2H3. The average molecular weight is 291 g/mol. The number of ether oxygens (including phenoxy) is 2.